The molecule has 0 spiro atoms. The van der Waals surface area contributed by atoms with E-state index in [4.69, 9.17) is 0 Å². The second-order valence-electron chi connectivity index (χ2n) is 6.19. The summed E-state index contributed by atoms with van der Waals surface area (Å²) < 4.78 is 0. The minimum atomic E-state index is 0.0699. The number of piperidine rings is 1. The van der Waals surface area contributed by atoms with Crippen molar-refractivity contribution in [1.82, 2.24) is 10.2 Å². The van der Waals surface area contributed by atoms with E-state index in [0.717, 1.165) is 50.9 Å². The molecule has 1 aromatic carbocycles. The molecule has 3 heteroatoms. The summed E-state index contributed by atoms with van der Waals surface area (Å²) in [5.41, 5.74) is 2.47. The summed E-state index contributed by atoms with van der Waals surface area (Å²) in [5.74, 6) is 0.0699. The normalized spacial score (nSPS) is 17.5. The summed E-state index contributed by atoms with van der Waals surface area (Å²) in [6, 6.07) is 10.8. The third-order valence-electron chi connectivity index (χ3n) is 4.41. The van der Waals surface area contributed by atoms with Crippen LogP contribution in [0.3, 0.4) is 0 Å². The first kappa shape index (κ1) is 16.8. The summed E-state index contributed by atoms with van der Waals surface area (Å²) >= 11 is 0. The molecule has 0 saturated carbocycles. The molecule has 1 N–H and O–H groups in total. The Morgan fingerprint density at radius 1 is 1.27 bits per heavy atom. The third-order valence-corrected chi connectivity index (χ3v) is 4.41. The van der Waals surface area contributed by atoms with Gasteiger partial charge in [0.1, 0.15) is 0 Å². The van der Waals surface area contributed by atoms with Crippen molar-refractivity contribution < 1.29 is 4.79 Å². The molecule has 120 valence electrons. The van der Waals surface area contributed by atoms with E-state index in [1.807, 2.05) is 13.0 Å². The number of hydrogen-bond donors (Lipinski definition) is 1. The maximum Gasteiger partial charge on any atom is 0.244 e. The van der Waals surface area contributed by atoms with Gasteiger partial charge in [0.25, 0.3) is 0 Å². The monoisotopic (exact) mass is 300 g/mol. The van der Waals surface area contributed by atoms with Crippen LogP contribution in [0, 0.1) is 0 Å². The highest BCUT2D eigenvalue weighted by Gasteiger charge is 2.18. The number of nitrogens with one attached hydrogen (secondary N) is 1. The number of likely N-dealkylation sites (tertiary alicyclic amines) is 1. The Morgan fingerprint density at radius 3 is 2.59 bits per heavy atom. The number of aryl methyl sites for hydroxylation is 1. The van der Waals surface area contributed by atoms with Gasteiger partial charge in [-0.1, -0.05) is 42.8 Å². The predicted molar refractivity (Wildman–Crippen MR) is 91.8 cm³/mol. The van der Waals surface area contributed by atoms with Crippen LogP contribution in [0.1, 0.15) is 38.7 Å². The Hall–Kier alpha value is -1.61. The van der Waals surface area contributed by atoms with Crippen molar-refractivity contribution in [2.24, 2.45) is 0 Å². The lowest BCUT2D eigenvalue weighted by Crippen LogP contribution is -2.44. The molecule has 1 aliphatic heterocycles. The van der Waals surface area contributed by atoms with Crippen molar-refractivity contribution >= 4 is 5.91 Å². The first-order chi connectivity index (χ1) is 10.7. The Kier molecular flexibility index (Phi) is 6.66. The summed E-state index contributed by atoms with van der Waals surface area (Å²) in [6.07, 6.45) is 5.83. The van der Waals surface area contributed by atoms with E-state index >= 15 is 0 Å². The highest BCUT2D eigenvalue weighted by molar-refractivity contribution is 5.88. The average Bonchev–Trinajstić information content (AvgIpc) is 2.54. The Morgan fingerprint density at radius 2 is 1.95 bits per heavy atom. The summed E-state index contributed by atoms with van der Waals surface area (Å²) in [6.45, 7) is 7.54. The zero-order valence-electron chi connectivity index (χ0n) is 13.8. The zero-order valence-corrected chi connectivity index (χ0v) is 13.8. The molecule has 0 unspecified atom stereocenters. The summed E-state index contributed by atoms with van der Waals surface area (Å²) in [7, 11) is 0. The van der Waals surface area contributed by atoms with Crippen LogP contribution in [-0.2, 0) is 11.2 Å². The SMILES string of the molecule is CCN1CCC(NC(=O)/C=C(/C)CCc2ccccc2)CC1. The number of rotatable bonds is 6. The fraction of sp³-hybridized carbons (Fsp3) is 0.526. The van der Waals surface area contributed by atoms with Crippen LogP contribution in [0.15, 0.2) is 42.0 Å². The van der Waals surface area contributed by atoms with E-state index in [1.54, 1.807) is 6.08 Å². The van der Waals surface area contributed by atoms with Crippen LogP contribution in [0.25, 0.3) is 0 Å². The van der Waals surface area contributed by atoms with E-state index in [2.05, 4.69) is 41.4 Å². The van der Waals surface area contributed by atoms with Crippen LogP contribution in [0.2, 0.25) is 0 Å². The molecule has 1 heterocycles. The second kappa shape index (κ2) is 8.74. The molecule has 1 saturated heterocycles. The predicted octanol–water partition coefficient (Wildman–Crippen LogP) is 3.17. The molecule has 0 bridgehead atoms. The molecular formula is C19H28N2O. The minimum absolute atomic E-state index is 0.0699. The lowest BCUT2D eigenvalue weighted by Gasteiger charge is -2.31. The number of allylic oxidation sites excluding steroid dienone is 1. The van der Waals surface area contributed by atoms with E-state index in [-0.39, 0.29) is 5.91 Å². The van der Waals surface area contributed by atoms with Gasteiger partial charge in [-0.3, -0.25) is 4.79 Å². The van der Waals surface area contributed by atoms with Gasteiger partial charge in [-0.25, -0.2) is 0 Å². The van der Waals surface area contributed by atoms with Crippen LogP contribution >= 0.6 is 0 Å². The van der Waals surface area contributed by atoms with E-state index < -0.39 is 0 Å². The van der Waals surface area contributed by atoms with Crippen molar-refractivity contribution in [2.45, 2.75) is 45.6 Å². The van der Waals surface area contributed by atoms with E-state index in [1.165, 1.54) is 5.56 Å². The van der Waals surface area contributed by atoms with Crippen molar-refractivity contribution in [1.29, 1.82) is 0 Å². The number of carbonyl (C=O) groups is 1. The van der Waals surface area contributed by atoms with Crippen LogP contribution in [0.5, 0.6) is 0 Å². The van der Waals surface area contributed by atoms with E-state index in [0.29, 0.717) is 6.04 Å². The first-order valence-electron chi connectivity index (χ1n) is 8.41. The molecule has 1 fully saturated rings. The number of nitrogens with zero attached hydrogens (tertiary/aromatic N) is 1. The fourth-order valence-corrected chi connectivity index (χ4v) is 2.92. The van der Waals surface area contributed by atoms with Crippen LogP contribution in [0.4, 0.5) is 0 Å². The fourth-order valence-electron chi connectivity index (χ4n) is 2.92. The van der Waals surface area contributed by atoms with Crippen LogP contribution in [-0.4, -0.2) is 36.5 Å². The standard InChI is InChI=1S/C19H28N2O/c1-3-21-13-11-18(12-14-21)20-19(22)15-16(2)9-10-17-7-5-4-6-8-17/h4-8,15,18H,3,9-14H2,1-2H3,(H,20,22)/b16-15-. The van der Waals surface area contributed by atoms with Crippen molar-refractivity contribution in [3.05, 3.63) is 47.5 Å². The third kappa shape index (κ3) is 5.64. The number of amides is 1. The number of benzene rings is 1. The van der Waals surface area contributed by atoms with E-state index in [9.17, 15) is 4.79 Å². The molecule has 3 nitrogen and oxygen atoms in total. The van der Waals surface area contributed by atoms with Gasteiger partial charge >= 0.3 is 0 Å². The number of carbonyl (C=O) groups excluding carboxylic acids is 1. The summed E-state index contributed by atoms with van der Waals surface area (Å²) in [5, 5.41) is 3.15. The minimum Gasteiger partial charge on any atom is -0.350 e. The van der Waals surface area contributed by atoms with Gasteiger partial charge in [0.15, 0.2) is 0 Å². The Balaban J connectivity index is 1.73. The molecule has 22 heavy (non-hydrogen) atoms. The van der Waals surface area contributed by atoms with Gasteiger partial charge in [0.05, 0.1) is 0 Å². The molecule has 0 aromatic heterocycles. The lowest BCUT2D eigenvalue weighted by molar-refractivity contribution is -0.117. The van der Waals surface area contributed by atoms with Gasteiger partial charge in [-0.05, 0) is 44.7 Å². The second-order valence-corrected chi connectivity index (χ2v) is 6.19. The highest BCUT2D eigenvalue weighted by atomic mass is 16.1. The quantitative estimate of drug-likeness (QED) is 0.819. The first-order valence-corrected chi connectivity index (χ1v) is 8.41. The van der Waals surface area contributed by atoms with Gasteiger partial charge in [0.2, 0.25) is 5.91 Å². The topological polar surface area (TPSA) is 32.3 Å². The lowest BCUT2D eigenvalue weighted by atomic mass is 10.0. The maximum absolute atomic E-state index is 12.1. The molecule has 1 aliphatic rings. The molecule has 1 aromatic rings. The molecule has 0 radical (unpaired) electrons. The van der Waals surface area contributed by atoms with Crippen molar-refractivity contribution in [3.63, 3.8) is 0 Å². The zero-order chi connectivity index (χ0) is 15.8. The Labute approximate surface area is 134 Å². The molecule has 1 amide bonds. The molecule has 2 rings (SSSR count). The average molecular weight is 300 g/mol. The van der Waals surface area contributed by atoms with Crippen LogP contribution < -0.4 is 5.32 Å². The maximum atomic E-state index is 12.1. The number of hydrogen-bond acceptors (Lipinski definition) is 2. The van der Waals surface area contributed by atoms with Crippen molar-refractivity contribution in [3.8, 4) is 0 Å². The molecular weight excluding hydrogens is 272 g/mol. The molecule has 0 aliphatic carbocycles. The Bertz CT molecular complexity index is 487. The van der Waals surface area contributed by atoms with Gasteiger partial charge in [-0.15, -0.1) is 0 Å². The van der Waals surface area contributed by atoms with Crippen molar-refractivity contribution in [2.75, 3.05) is 19.6 Å². The largest absolute Gasteiger partial charge is 0.350 e. The van der Waals surface area contributed by atoms with Gasteiger partial charge in [-0.2, -0.15) is 0 Å². The van der Waals surface area contributed by atoms with Gasteiger partial charge in [0, 0.05) is 25.2 Å². The highest BCUT2D eigenvalue weighted by Crippen LogP contribution is 2.11. The smallest absolute Gasteiger partial charge is 0.244 e. The van der Waals surface area contributed by atoms with Gasteiger partial charge < -0.3 is 10.2 Å². The summed E-state index contributed by atoms with van der Waals surface area (Å²) in [4.78, 5) is 14.5. The molecule has 0 atom stereocenters.